The van der Waals surface area contributed by atoms with Crippen LogP contribution in [0.5, 0.6) is 0 Å². The van der Waals surface area contributed by atoms with Gasteiger partial charge in [-0.05, 0) is 50.1 Å². The summed E-state index contributed by atoms with van der Waals surface area (Å²) in [5.41, 5.74) is 4.99. The van der Waals surface area contributed by atoms with E-state index in [1.54, 1.807) is 6.20 Å². The van der Waals surface area contributed by atoms with Crippen LogP contribution in [0.3, 0.4) is 0 Å². The molecule has 38 heavy (non-hydrogen) atoms. The molecule has 4 aromatic rings. The zero-order valence-electron chi connectivity index (χ0n) is 21.9. The highest BCUT2D eigenvalue weighted by atomic mass is 16.4. The molecule has 0 aliphatic rings. The van der Waals surface area contributed by atoms with Gasteiger partial charge in [0.2, 0.25) is 5.91 Å². The van der Waals surface area contributed by atoms with E-state index in [-0.39, 0.29) is 25.3 Å². The number of H-pyrrole nitrogens is 1. The number of carboxylic acids is 1. The summed E-state index contributed by atoms with van der Waals surface area (Å²) in [4.78, 5) is 44.3. The maximum atomic E-state index is 13.7. The molecule has 2 atom stereocenters. The van der Waals surface area contributed by atoms with Gasteiger partial charge in [-0.1, -0.05) is 65.7 Å². The molecule has 2 amide bonds. The molecule has 0 aliphatic heterocycles. The first kappa shape index (κ1) is 26.7. The second-order valence-corrected chi connectivity index (χ2v) is 9.64. The van der Waals surface area contributed by atoms with Gasteiger partial charge in [-0.3, -0.25) is 9.59 Å². The van der Waals surface area contributed by atoms with Crippen molar-refractivity contribution in [2.75, 3.05) is 6.54 Å². The third kappa shape index (κ3) is 6.11. The second-order valence-electron chi connectivity index (χ2n) is 9.64. The summed E-state index contributed by atoms with van der Waals surface area (Å²) in [5, 5.41) is 13.7. The number of fused-ring (bicyclic) bond motifs is 1. The number of hydrogen-bond acceptors (Lipinski definition) is 3. The van der Waals surface area contributed by atoms with E-state index < -0.39 is 24.0 Å². The lowest BCUT2D eigenvalue weighted by Crippen LogP contribution is -2.54. The summed E-state index contributed by atoms with van der Waals surface area (Å²) < 4.78 is 0. The fraction of sp³-hybridized carbons (Fsp3) is 0.258. The molecule has 1 aromatic heterocycles. The molecule has 4 rings (SSSR count). The van der Waals surface area contributed by atoms with Gasteiger partial charge < -0.3 is 20.3 Å². The Kier molecular flexibility index (Phi) is 8.26. The normalized spacial score (nSPS) is 12.6. The first-order valence-electron chi connectivity index (χ1n) is 12.8. The number of hydrogen-bond donors (Lipinski definition) is 3. The fourth-order valence-corrected chi connectivity index (χ4v) is 4.94. The van der Waals surface area contributed by atoms with Crippen molar-refractivity contribution in [1.29, 1.82) is 0 Å². The van der Waals surface area contributed by atoms with Crippen molar-refractivity contribution >= 4 is 28.7 Å². The lowest BCUT2D eigenvalue weighted by atomic mass is 10.00. The lowest BCUT2D eigenvalue weighted by molar-refractivity contribution is -0.142. The molecule has 0 bridgehead atoms. The fourth-order valence-electron chi connectivity index (χ4n) is 4.94. The Bertz CT molecular complexity index is 1420. The van der Waals surface area contributed by atoms with Gasteiger partial charge in [-0.2, -0.15) is 0 Å². The Balaban J connectivity index is 1.63. The third-order valence-electron chi connectivity index (χ3n) is 6.73. The van der Waals surface area contributed by atoms with Gasteiger partial charge in [0.25, 0.3) is 5.91 Å². The van der Waals surface area contributed by atoms with Gasteiger partial charge in [0, 0.05) is 42.0 Å². The predicted molar refractivity (Wildman–Crippen MR) is 148 cm³/mol. The first-order valence-corrected chi connectivity index (χ1v) is 12.8. The van der Waals surface area contributed by atoms with E-state index in [2.05, 4.69) is 10.3 Å². The van der Waals surface area contributed by atoms with Crippen LogP contribution in [-0.4, -0.2) is 51.4 Å². The zero-order valence-corrected chi connectivity index (χ0v) is 21.9. The standard InChI is InChI=1S/C31H33N3O4/c1-4-34(30(36)23-15-20(2)14-21(3)16-23)28(17-22-10-6-5-7-11-22)29(35)33-27(31(37)38)18-24-19-32-26-13-9-8-12-25(24)26/h5-16,19,27-28,32H,4,17-18H2,1-3H3,(H,33,35)(H,37,38)/t27-,28+/m0/s1. The average Bonchev–Trinajstić information content (AvgIpc) is 3.30. The molecule has 7 heteroatoms. The van der Waals surface area contributed by atoms with Crippen LogP contribution in [-0.2, 0) is 22.4 Å². The molecule has 0 radical (unpaired) electrons. The maximum Gasteiger partial charge on any atom is 0.326 e. The van der Waals surface area contributed by atoms with E-state index in [0.717, 1.165) is 33.2 Å². The number of carbonyl (C=O) groups excluding carboxylic acids is 2. The Morgan fingerprint density at radius 1 is 0.921 bits per heavy atom. The number of carboxylic acid groups (broad SMARTS) is 1. The van der Waals surface area contributed by atoms with Crippen LogP contribution in [0.1, 0.15) is 39.5 Å². The van der Waals surface area contributed by atoms with Crippen LogP contribution in [0.15, 0.2) is 79.0 Å². The van der Waals surface area contributed by atoms with Crippen LogP contribution >= 0.6 is 0 Å². The van der Waals surface area contributed by atoms with Crippen molar-refractivity contribution in [2.45, 2.75) is 45.7 Å². The molecule has 0 saturated heterocycles. The highest BCUT2D eigenvalue weighted by Gasteiger charge is 2.33. The molecular formula is C31H33N3O4. The molecule has 1 heterocycles. The van der Waals surface area contributed by atoms with Crippen LogP contribution < -0.4 is 5.32 Å². The Hall–Kier alpha value is -4.39. The Morgan fingerprint density at radius 2 is 1.58 bits per heavy atom. The van der Waals surface area contributed by atoms with Crippen LogP contribution in [0.4, 0.5) is 0 Å². The summed E-state index contributed by atoms with van der Waals surface area (Å²) in [6.07, 6.45) is 2.15. The summed E-state index contributed by atoms with van der Waals surface area (Å²) in [6, 6.07) is 20.6. The highest BCUT2D eigenvalue weighted by molar-refractivity contribution is 5.98. The van der Waals surface area contributed by atoms with E-state index in [1.807, 2.05) is 93.6 Å². The Labute approximate surface area is 222 Å². The number of aromatic amines is 1. The van der Waals surface area contributed by atoms with Crippen LogP contribution in [0.25, 0.3) is 10.9 Å². The minimum Gasteiger partial charge on any atom is -0.480 e. The number of nitrogens with one attached hydrogen (secondary N) is 2. The smallest absolute Gasteiger partial charge is 0.326 e. The molecular weight excluding hydrogens is 478 g/mol. The van der Waals surface area contributed by atoms with Gasteiger partial charge in [0.1, 0.15) is 12.1 Å². The monoisotopic (exact) mass is 511 g/mol. The number of aromatic nitrogens is 1. The first-order chi connectivity index (χ1) is 18.3. The third-order valence-corrected chi connectivity index (χ3v) is 6.73. The molecule has 7 nitrogen and oxygen atoms in total. The van der Waals surface area contributed by atoms with Crippen molar-refractivity contribution in [3.8, 4) is 0 Å². The topological polar surface area (TPSA) is 103 Å². The second kappa shape index (κ2) is 11.8. The lowest BCUT2D eigenvalue weighted by Gasteiger charge is -2.31. The van der Waals surface area contributed by atoms with Gasteiger partial charge in [-0.15, -0.1) is 0 Å². The van der Waals surface area contributed by atoms with Gasteiger partial charge in [0.05, 0.1) is 0 Å². The number of nitrogens with zero attached hydrogens (tertiary/aromatic N) is 1. The summed E-state index contributed by atoms with van der Waals surface area (Å²) in [6.45, 7) is 5.97. The van der Waals surface area contributed by atoms with Crippen molar-refractivity contribution in [2.24, 2.45) is 0 Å². The van der Waals surface area contributed by atoms with E-state index in [0.29, 0.717) is 5.56 Å². The minimum absolute atomic E-state index is 0.111. The number of aryl methyl sites for hydroxylation is 2. The maximum absolute atomic E-state index is 13.7. The van der Waals surface area contributed by atoms with Crippen LogP contribution in [0.2, 0.25) is 0 Å². The molecule has 0 unspecified atom stereocenters. The quantitative estimate of drug-likeness (QED) is 0.288. The van der Waals surface area contributed by atoms with Gasteiger partial charge in [0.15, 0.2) is 0 Å². The molecule has 3 aromatic carbocycles. The predicted octanol–water partition coefficient (Wildman–Crippen LogP) is 4.67. The van der Waals surface area contributed by atoms with Crippen LogP contribution in [0, 0.1) is 13.8 Å². The number of para-hydroxylation sites is 1. The zero-order chi connectivity index (χ0) is 27.2. The van der Waals surface area contributed by atoms with Gasteiger partial charge >= 0.3 is 5.97 Å². The summed E-state index contributed by atoms with van der Waals surface area (Å²) in [7, 11) is 0. The SMILES string of the molecule is CCN(C(=O)c1cc(C)cc(C)c1)[C@H](Cc1ccccc1)C(=O)N[C@@H](Cc1c[nH]c2ccccc12)C(=O)O. The van der Waals surface area contributed by atoms with Crippen molar-refractivity contribution < 1.29 is 19.5 Å². The number of amides is 2. The van der Waals surface area contributed by atoms with E-state index in [1.165, 1.54) is 4.90 Å². The number of likely N-dealkylation sites (N-methyl/N-ethyl adjacent to an activating group) is 1. The molecule has 0 fully saturated rings. The Morgan fingerprint density at radius 3 is 2.24 bits per heavy atom. The van der Waals surface area contributed by atoms with Crippen molar-refractivity contribution in [3.05, 3.63) is 107 Å². The number of aliphatic carboxylic acids is 1. The van der Waals surface area contributed by atoms with E-state index >= 15 is 0 Å². The van der Waals surface area contributed by atoms with E-state index in [9.17, 15) is 19.5 Å². The number of benzene rings is 3. The molecule has 0 saturated carbocycles. The summed E-state index contributed by atoms with van der Waals surface area (Å²) in [5.74, 6) is -1.90. The molecule has 0 aliphatic carbocycles. The summed E-state index contributed by atoms with van der Waals surface area (Å²) >= 11 is 0. The number of carbonyl (C=O) groups is 3. The molecule has 0 spiro atoms. The largest absolute Gasteiger partial charge is 0.480 e. The van der Waals surface area contributed by atoms with Gasteiger partial charge in [-0.25, -0.2) is 4.79 Å². The molecule has 3 N–H and O–H groups in total. The minimum atomic E-state index is -1.16. The number of rotatable bonds is 10. The average molecular weight is 512 g/mol. The van der Waals surface area contributed by atoms with Crippen molar-refractivity contribution in [3.63, 3.8) is 0 Å². The molecule has 196 valence electrons. The van der Waals surface area contributed by atoms with E-state index in [4.69, 9.17) is 0 Å². The van der Waals surface area contributed by atoms with Crippen molar-refractivity contribution in [1.82, 2.24) is 15.2 Å². The highest BCUT2D eigenvalue weighted by Crippen LogP contribution is 2.20.